The molecule has 2 N–H and O–H groups in total. The molecule has 1 aromatic carbocycles. The number of nitrogens with one attached hydrogen (secondary N) is 2. The lowest BCUT2D eigenvalue weighted by Gasteiger charge is -2.09. The minimum atomic E-state index is -0.134. The minimum Gasteiger partial charge on any atom is -0.339 e. The third-order valence-corrected chi connectivity index (χ3v) is 4.32. The van der Waals surface area contributed by atoms with Crippen LogP contribution >= 0.6 is 12.4 Å². The summed E-state index contributed by atoms with van der Waals surface area (Å²) in [4.78, 5) is 16.4. The van der Waals surface area contributed by atoms with Crippen molar-refractivity contribution in [1.82, 2.24) is 15.5 Å². The molecular formula is C18H25ClN4O2. The quantitative estimate of drug-likeness (QED) is 0.852. The van der Waals surface area contributed by atoms with E-state index >= 15 is 0 Å². The lowest BCUT2D eigenvalue weighted by Crippen LogP contribution is -2.15. The topological polar surface area (TPSA) is 80.0 Å². The summed E-state index contributed by atoms with van der Waals surface area (Å²) in [5.74, 6) is 1.53. The number of rotatable bonds is 5. The first-order chi connectivity index (χ1) is 11.7. The Morgan fingerprint density at radius 3 is 2.88 bits per heavy atom. The van der Waals surface area contributed by atoms with Crippen LogP contribution < -0.4 is 10.6 Å². The number of amides is 1. The molecule has 1 saturated heterocycles. The second kappa shape index (κ2) is 9.53. The Balaban J connectivity index is 0.00000225. The zero-order valence-electron chi connectivity index (χ0n) is 14.5. The average molecular weight is 365 g/mol. The molecule has 1 aliphatic heterocycles. The van der Waals surface area contributed by atoms with E-state index in [0.717, 1.165) is 37.2 Å². The number of aryl methyl sites for hydroxylation is 1. The van der Waals surface area contributed by atoms with Gasteiger partial charge in [-0.05, 0) is 57.3 Å². The molecule has 3 rings (SSSR count). The highest BCUT2D eigenvalue weighted by Gasteiger charge is 2.17. The molecule has 1 aromatic heterocycles. The number of carbonyl (C=O) groups excluding carboxylic acids is 1. The Kier molecular flexibility index (Phi) is 7.40. The molecule has 0 spiro atoms. The van der Waals surface area contributed by atoms with Gasteiger partial charge in [-0.25, -0.2) is 0 Å². The highest BCUT2D eigenvalue weighted by atomic mass is 35.5. The Labute approximate surface area is 154 Å². The number of halogens is 1. The summed E-state index contributed by atoms with van der Waals surface area (Å²) in [7, 11) is 0. The Morgan fingerprint density at radius 1 is 1.28 bits per heavy atom. The number of carbonyl (C=O) groups is 1. The molecule has 0 saturated carbocycles. The normalized spacial score (nSPS) is 17.4. The Morgan fingerprint density at radius 2 is 2.08 bits per heavy atom. The monoisotopic (exact) mass is 364 g/mol. The number of anilines is 1. The fourth-order valence-electron chi connectivity index (χ4n) is 2.97. The van der Waals surface area contributed by atoms with E-state index in [0.29, 0.717) is 17.6 Å². The molecule has 1 atom stereocenters. The largest absolute Gasteiger partial charge is 0.339 e. The van der Waals surface area contributed by atoms with E-state index in [1.807, 2.05) is 31.2 Å². The van der Waals surface area contributed by atoms with Gasteiger partial charge >= 0.3 is 0 Å². The lowest BCUT2D eigenvalue weighted by atomic mass is 9.97. The van der Waals surface area contributed by atoms with E-state index in [9.17, 15) is 4.79 Å². The van der Waals surface area contributed by atoms with Crippen LogP contribution in [0.25, 0.3) is 0 Å². The summed E-state index contributed by atoms with van der Waals surface area (Å²) in [6.45, 7) is 4.15. The van der Waals surface area contributed by atoms with Gasteiger partial charge in [0.1, 0.15) is 0 Å². The maximum atomic E-state index is 12.1. The van der Waals surface area contributed by atoms with Crippen molar-refractivity contribution in [3.8, 4) is 0 Å². The molecule has 1 amide bonds. The highest BCUT2D eigenvalue weighted by molar-refractivity contribution is 5.91. The van der Waals surface area contributed by atoms with Gasteiger partial charge < -0.3 is 15.2 Å². The van der Waals surface area contributed by atoms with Gasteiger partial charge in [-0.1, -0.05) is 22.9 Å². The van der Waals surface area contributed by atoms with Crippen molar-refractivity contribution >= 4 is 24.0 Å². The first kappa shape index (κ1) is 19.4. The maximum absolute atomic E-state index is 12.1. The zero-order valence-corrected chi connectivity index (χ0v) is 15.3. The van der Waals surface area contributed by atoms with Gasteiger partial charge in [-0.15, -0.1) is 12.4 Å². The van der Waals surface area contributed by atoms with Crippen LogP contribution in [0.2, 0.25) is 0 Å². The fourth-order valence-corrected chi connectivity index (χ4v) is 2.97. The van der Waals surface area contributed by atoms with E-state index in [1.165, 1.54) is 12.8 Å². The van der Waals surface area contributed by atoms with Crippen molar-refractivity contribution in [3.63, 3.8) is 0 Å². The van der Waals surface area contributed by atoms with Crippen molar-refractivity contribution in [1.29, 1.82) is 0 Å². The second-order valence-corrected chi connectivity index (χ2v) is 6.45. The van der Waals surface area contributed by atoms with Crippen molar-refractivity contribution in [3.05, 3.63) is 41.5 Å². The second-order valence-electron chi connectivity index (χ2n) is 6.45. The van der Waals surface area contributed by atoms with E-state index < -0.39 is 0 Å². The van der Waals surface area contributed by atoms with E-state index in [4.69, 9.17) is 4.52 Å². The standard InChI is InChI=1S/C18H24N4O2.ClH/c1-13-4-6-15(7-5-13)20-17(23)12-16-21-18(24-22-16)11-14-3-2-9-19-10-8-14;/h4-7,14,19H,2-3,8-12H2,1H3,(H,20,23);1H. The van der Waals surface area contributed by atoms with Crippen LogP contribution in [0.4, 0.5) is 5.69 Å². The molecule has 25 heavy (non-hydrogen) atoms. The Bertz CT molecular complexity index is 664. The molecule has 7 heteroatoms. The molecular weight excluding hydrogens is 340 g/mol. The van der Waals surface area contributed by atoms with Crippen LogP contribution in [0.5, 0.6) is 0 Å². The predicted molar refractivity (Wildman–Crippen MR) is 99.0 cm³/mol. The lowest BCUT2D eigenvalue weighted by molar-refractivity contribution is -0.115. The minimum absolute atomic E-state index is 0. The van der Waals surface area contributed by atoms with E-state index in [-0.39, 0.29) is 24.7 Å². The highest BCUT2D eigenvalue weighted by Crippen LogP contribution is 2.18. The number of benzene rings is 1. The summed E-state index contributed by atoms with van der Waals surface area (Å²) in [6.07, 6.45) is 4.42. The van der Waals surface area contributed by atoms with Crippen LogP contribution in [0.3, 0.4) is 0 Å². The SMILES string of the molecule is Cc1ccc(NC(=O)Cc2noc(CC3CCCNCC3)n2)cc1.Cl. The smallest absolute Gasteiger partial charge is 0.232 e. The molecule has 1 aliphatic rings. The van der Waals surface area contributed by atoms with Crippen molar-refractivity contribution in [2.45, 2.75) is 39.0 Å². The van der Waals surface area contributed by atoms with Gasteiger partial charge in [0.2, 0.25) is 11.8 Å². The van der Waals surface area contributed by atoms with Gasteiger partial charge in [0, 0.05) is 12.1 Å². The molecule has 1 unspecified atom stereocenters. The van der Waals surface area contributed by atoms with Crippen molar-refractivity contribution in [2.24, 2.45) is 5.92 Å². The van der Waals surface area contributed by atoms with Gasteiger partial charge in [0.05, 0.1) is 6.42 Å². The summed E-state index contributed by atoms with van der Waals surface area (Å²) in [6, 6.07) is 7.69. The first-order valence-electron chi connectivity index (χ1n) is 8.58. The van der Waals surface area contributed by atoms with Gasteiger partial charge in [0.15, 0.2) is 5.82 Å². The summed E-state index contributed by atoms with van der Waals surface area (Å²) < 4.78 is 5.31. The number of nitrogens with zero attached hydrogens (tertiary/aromatic N) is 2. The van der Waals surface area contributed by atoms with Crippen LogP contribution in [0.15, 0.2) is 28.8 Å². The molecule has 2 heterocycles. The van der Waals surface area contributed by atoms with Crippen molar-refractivity contribution in [2.75, 3.05) is 18.4 Å². The first-order valence-corrected chi connectivity index (χ1v) is 8.58. The maximum Gasteiger partial charge on any atom is 0.232 e. The third kappa shape index (κ3) is 6.14. The van der Waals surface area contributed by atoms with Gasteiger partial charge in [-0.3, -0.25) is 4.79 Å². The van der Waals surface area contributed by atoms with Gasteiger partial charge in [0.25, 0.3) is 0 Å². The third-order valence-electron chi connectivity index (χ3n) is 4.32. The number of aromatic nitrogens is 2. The van der Waals surface area contributed by atoms with Crippen LogP contribution in [-0.4, -0.2) is 29.1 Å². The van der Waals surface area contributed by atoms with E-state index in [1.54, 1.807) is 0 Å². The summed E-state index contributed by atoms with van der Waals surface area (Å²) in [5.41, 5.74) is 1.93. The van der Waals surface area contributed by atoms with Crippen LogP contribution in [0.1, 0.15) is 36.5 Å². The molecule has 0 bridgehead atoms. The predicted octanol–water partition coefficient (Wildman–Crippen LogP) is 2.91. The van der Waals surface area contributed by atoms with Gasteiger partial charge in [-0.2, -0.15) is 4.98 Å². The molecule has 2 aromatic rings. The summed E-state index contributed by atoms with van der Waals surface area (Å²) in [5, 5.41) is 10.2. The zero-order chi connectivity index (χ0) is 16.8. The molecule has 6 nitrogen and oxygen atoms in total. The number of hydrogen-bond donors (Lipinski definition) is 2. The van der Waals surface area contributed by atoms with Crippen LogP contribution in [0, 0.1) is 12.8 Å². The number of hydrogen-bond acceptors (Lipinski definition) is 5. The molecule has 1 fully saturated rings. The van der Waals surface area contributed by atoms with Crippen LogP contribution in [-0.2, 0) is 17.6 Å². The summed E-state index contributed by atoms with van der Waals surface area (Å²) >= 11 is 0. The molecule has 136 valence electrons. The average Bonchev–Trinajstić information content (AvgIpc) is 2.83. The Hall–Kier alpha value is -1.92. The van der Waals surface area contributed by atoms with Crippen molar-refractivity contribution < 1.29 is 9.32 Å². The van der Waals surface area contributed by atoms with E-state index in [2.05, 4.69) is 20.8 Å². The fraction of sp³-hybridized carbons (Fsp3) is 0.500. The molecule has 0 radical (unpaired) electrons. The molecule has 0 aliphatic carbocycles.